The van der Waals surface area contributed by atoms with E-state index in [-0.39, 0.29) is 36.3 Å². The van der Waals surface area contributed by atoms with Crippen LogP contribution in [0.5, 0.6) is 0 Å². The molecule has 12 nitrogen and oxygen atoms in total. The van der Waals surface area contributed by atoms with E-state index in [4.69, 9.17) is 10.5 Å². The second kappa shape index (κ2) is 19.4. The molecule has 1 aromatic carbocycles. The van der Waals surface area contributed by atoms with Gasteiger partial charge in [-0.2, -0.15) is 0 Å². The number of nitrogens with two attached hydrogens (primary N) is 1. The van der Waals surface area contributed by atoms with Crippen molar-refractivity contribution in [2.45, 2.75) is 105 Å². The zero-order chi connectivity index (χ0) is 34.3. The van der Waals surface area contributed by atoms with Crippen LogP contribution >= 0.6 is 0 Å². The Balaban J connectivity index is 3.08. The molecule has 0 saturated heterocycles. The number of nitrogens with one attached hydrogen (secondary N) is 4. The van der Waals surface area contributed by atoms with E-state index < -0.39 is 59.9 Å². The average molecular weight is 630 g/mol. The van der Waals surface area contributed by atoms with Crippen molar-refractivity contribution in [3.8, 4) is 0 Å². The normalized spacial score (nSPS) is 15.6. The molecule has 1 aromatic rings. The summed E-state index contributed by atoms with van der Waals surface area (Å²) in [5, 5.41) is 10.7. The van der Waals surface area contributed by atoms with Crippen LogP contribution in [0.1, 0.15) is 73.8 Å². The number of amides is 4. The number of allylic oxidation sites excluding steroid dienone is 2. The van der Waals surface area contributed by atoms with Gasteiger partial charge in [-0.15, -0.1) is 0 Å². The summed E-state index contributed by atoms with van der Waals surface area (Å²) >= 11 is 0. The number of carbonyl (C=O) groups excluding carboxylic acids is 6. The molecule has 1 rings (SSSR count). The maximum absolute atomic E-state index is 13.5. The van der Waals surface area contributed by atoms with Crippen LogP contribution < -0.4 is 27.0 Å². The van der Waals surface area contributed by atoms with Crippen molar-refractivity contribution in [1.29, 1.82) is 0 Å². The molecular weight excluding hydrogens is 578 g/mol. The van der Waals surface area contributed by atoms with Crippen LogP contribution in [0.2, 0.25) is 0 Å². The minimum absolute atomic E-state index is 0.0556. The molecule has 0 bridgehead atoms. The van der Waals surface area contributed by atoms with Crippen molar-refractivity contribution in [3.05, 3.63) is 47.7 Å². The Kier molecular flexibility index (Phi) is 16.8. The number of hydrogen-bond donors (Lipinski definition) is 5. The van der Waals surface area contributed by atoms with Crippen LogP contribution in [0.15, 0.2) is 42.1 Å². The van der Waals surface area contributed by atoms with Crippen molar-refractivity contribution < 1.29 is 33.5 Å². The van der Waals surface area contributed by atoms with Crippen molar-refractivity contribution in [3.63, 3.8) is 0 Å². The van der Waals surface area contributed by atoms with Crippen LogP contribution in [-0.4, -0.2) is 66.2 Å². The summed E-state index contributed by atoms with van der Waals surface area (Å²) in [4.78, 5) is 76.6. The lowest BCUT2D eigenvalue weighted by Crippen LogP contribution is -2.59. The zero-order valence-electron chi connectivity index (χ0n) is 27.7. The third-order valence-electron chi connectivity index (χ3n) is 7.46. The van der Waals surface area contributed by atoms with Gasteiger partial charge < -0.3 is 31.7 Å². The zero-order valence-corrected chi connectivity index (χ0v) is 27.7. The van der Waals surface area contributed by atoms with Gasteiger partial charge in [0.15, 0.2) is 6.29 Å². The Morgan fingerprint density at radius 1 is 0.844 bits per heavy atom. The first-order valence-electron chi connectivity index (χ1n) is 15.5. The molecule has 0 heterocycles. The molecule has 12 heteroatoms. The average Bonchev–Trinajstić information content (AvgIpc) is 2.99. The van der Waals surface area contributed by atoms with Gasteiger partial charge in [-0.1, -0.05) is 84.4 Å². The largest absolute Gasteiger partial charge is 0.461 e. The monoisotopic (exact) mass is 629 g/mol. The molecule has 6 unspecified atom stereocenters. The van der Waals surface area contributed by atoms with Gasteiger partial charge in [-0.25, -0.2) is 0 Å². The van der Waals surface area contributed by atoms with Gasteiger partial charge in [0.05, 0.1) is 12.1 Å². The van der Waals surface area contributed by atoms with Crippen LogP contribution in [0.25, 0.3) is 0 Å². The number of hydrogen-bond acceptors (Lipinski definition) is 8. The molecule has 0 aliphatic carbocycles. The quantitative estimate of drug-likeness (QED) is 0.0926. The molecule has 6 N–H and O–H groups in total. The van der Waals surface area contributed by atoms with Crippen LogP contribution in [0.3, 0.4) is 0 Å². The summed E-state index contributed by atoms with van der Waals surface area (Å²) in [6.07, 6.45) is 1.68. The van der Waals surface area contributed by atoms with Crippen molar-refractivity contribution >= 4 is 35.9 Å². The number of rotatable bonds is 18. The fourth-order valence-electron chi connectivity index (χ4n) is 4.28. The van der Waals surface area contributed by atoms with E-state index in [1.54, 1.807) is 60.6 Å². The van der Waals surface area contributed by atoms with E-state index in [2.05, 4.69) is 21.3 Å². The highest BCUT2D eigenvalue weighted by atomic mass is 16.5. The summed E-state index contributed by atoms with van der Waals surface area (Å²) in [6.45, 7) is 13.9. The predicted octanol–water partition coefficient (Wildman–Crippen LogP) is 1.91. The summed E-state index contributed by atoms with van der Waals surface area (Å²) in [7, 11) is 0. The molecule has 0 aliphatic heterocycles. The van der Waals surface area contributed by atoms with Gasteiger partial charge in [-0.05, 0) is 37.2 Å². The standard InChI is InChI=1S/C33H51N5O7/c1-9-21(7)29(37-26(40)16-22(8)45-33(44)27(34)19(3)4)32(43)38-28(20(5)6)31(42)36-25(17-23-14-12-11-13-15-23)30(41)35-24(10-2)18-39/h10-15,18-22,25,27-29H,9,16-17,34H2,1-8H3,(H,35,41)(H,36,42)(H,37,40)(H,38,43). The van der Waals surface area contributed by atoms with E-state index >= 15 is 0 Å². The Labute approximate surface area is 266 Å². The van der Waals surface area contributed by atoms with Crippen molar-refractivity contribution in [2.24, 2.45) is 23.5 Å². The Morgan fingerprint density at radius 3 is 1.96 bits per heavy atom. The first-order valence-corrected chi connectivity index (χ1v) is 15.5. The molecule has 0 saturated carbocycles. The summed E-state index contributed by atoms with van der Waals surface area (Å²) in [5.41, 5.74) is 6.67. The molecule has 250 valence electrons. The molecule has 0 aromatic heterocycles. The molecule has 45 heavy (non-hydrogen) atoms. The number of carbonyl (C=O) groups is 6. The van der Waals surface area contributed by atoms with Crippen molar-refractivity contribution in [2.75, 3.05) is 0 Å². The maximum Gasteiger partial charge on any atom is 0.323 e. The first kappa shape index (κ1) is 39.0. The Morgan fingerprint density at radius 2 is 1.44 bits per heavy atom. The van der Waals surface area contributed by atoms with Crippen LogP contribution in [0.4, 0.5) is 0 Å². The summed E-state index contributed by atoms with van der Waals surface area (Å²) in [5.74, 6) is -3.68. The first-order chi connectivity index (χ1) is 21.1. The highest BCUT2D eigenvalue weighted by molar-refractivity contribution is 5.96. The number of aldehydes is 1. The van der Waals surface area contributed by atoms with Gasteiger partial charge in [0.1, 0.15) is 30.3 Å². The minimum atomic E-state index is -1.05. The third-order valence-corrected chi connectivity index (χ3v) is 7.46. The topological polar surface area (TPSA) is 186 Å². The molecule has 0 spiro atoms. The summed E-state index contributed by atoms with van der Waals surface area (Å²) in [6, 6.07) is 5.17. The third kappa shape index (κ3) is 13.2. The van der Waals surface area contributed by atoms with Crippen molar-refractivity contribution in [1.82, 2.24) is 21.3 Å². The van der Waals surface area contributed by atoms with E-state index in [1.807, 2.05) is 25.1 Å². The highest BCUT2D eigenvalue weighted by Gasteiger charge is 2.33. The number of esters is 1. The predicted molar refractivity (Wildman–Crippen MR) is 171 cm³/mol. The summed E-state index contributed by atoms with van der Waals surface area (Å²) < 4.78 is 5.30. The lowest BCUT2D eigenvalue weighted by atomic mass is 9.96. The maximum atomic E-state index is 13.5. The van der Waals surface area contributed by atoms with Gasteiger partial charge in [0, 0.05) is 6.42 Å². The van der Waals surface area contributed by atoms with Gasteiger partial charge in [-0.3, -0.25) is 28.8 Å². The van der Waals surface area contributed by atoms with E-state index in [0.717, 1.165) is 5.56 Å². The van der Waals surface area contributed by atoms with Gasteiger partial charge in [0.2, 0.25) is 23.6 Å². The number of ether oxygens (including phenoxy) is 1. The molecule has 0 fully saturated rings. The van der Waals surface area contributed by atoms with E-state index in [0.29, 0.717) is 12.7 Å². The fourth-order valence-corrected chi connectivity index (χ4v) is 4.28. The Hall–Kier alpha value is -4.06. The number of benzene rings is 1. The lowest BCUT2D eigenvalue weighted by Gasteiger charge is -2.29. The molecular formula is C33H51N5O7. The Bertz CT molecular complexity index is 1190. The van der Waals surface area contributed by atoms with Gasteiger partial charge in [0.25, 0.3) is 0 Å². The lowest BCUT2D eigenvalue weighted by molar-refractivity contribution is -0.152. The fraction of sp³-hybridized carbons (Fsp3) is 0.576. The van der Waals surface area contributed by atoms with E-state index in [9.17, 15) is 28.8 Å². The van der Waals surface area contributed by atoms with Crippen LogP contribution in [-0.2, 0) is 39.9 Å². The molecule has 6 atom stereocenters. The van der Waals surface area contributed by atoms with Crippen LogP contribution in [0, 0.1) is 17.8 Å². The minimum Gasteiger partial charge on any atom is -0.461 e. The molecule has 4 amide bonds. The highest BCUT2D eigenvalue weighted by Crippen LogP contribution is 2.13. The molecule has 0 aliphatic rings. The smallest absolute Gasteiger partial charge is 0.323 e. The second-order valence-corrected chi connectivity index (χ2v) is 12.0. The SMILES string of the molecule is CC=C(C=O)NC(=O)C(Cc1ccccc1)NC(=O)C(NC(=O)C(NC(=O)CC(C)OC(=O)C(N)C(C)C)C(C)CC)C(C)C. The van der Waals surface area contributed by atoms with E-state index in [1.165, 1.54) is 6.08 Å². The second-order valence-electron chi connectivity index (χ2n) is 12.0. The molecule has 0 radical (unpaired) electrons. The van der Waals surface area contributed by atoms with Gasteiger partial charge >= 0.3 is 5.97 Å².